The molecule has 7 nitrogen and oxygen atoms in total. The fraction of sp³-hybridized carbons (Fsp3) is 0.154. The summed E-state index contributed by atoms with van der Waals surface area (Å²) < 4.78 is 0. The molecule has 7 heteroatoms. The molecule has 3 aromatic rings. The van der Waals surface area contributed by atoms with E-state index < -0.39 is 16.7 Å². The highest BCUT2D eigenvalue weighted by Gasteiger charge is 2.22. The van der Waals surface area contributed by atoms with Crippen molar-refractivity contribution >= 4 is 23.6 Å². The molecule has 0 aromatic heterocycles. The third-order valence-electron chi connectivity index (χ3n) is 5.18. The van der Waals surface area contributed by atoms with Crippen molar-refractivity contribution in [1.82, 2.24) is 10.6 Å². The van der Waals surface area contributed by atoms with Crippen molar-refractivity contribution < 1.29 is 14.5 Å². The molecule has 2 amide bonds. The summed E-state index contributed by atoms with van der Waals surface area (Å²) in [6.45, 7) is 3.64. The van der Waals surface area contributed by atoms with Gasteiger partial charge in [0.1, 0.15) is 5.57 Å². The lowest BCUT2D eigenvalue weighted by Gasteiger charge is -2.18. The average Bonchev–Trinajstić information content (AvgIpc) is 2.83. The Balaban J connectivity index is 1.89. The number of hydrogen-bond donors (Lipinski definition) is 2. The standard InChI is InChI=1S/C26H25N3O4/c1-18(21-11-5-3-6-12-21)27-25(30)24(17-20-10-9-15-23(16-20)29(32)33)26(31)28-19(2)22-13-7-4-8-14-22/h3-19H,1-2H3,(H,27,30)(H,28,31)/t18-,19+. The van der Waals surface area contributed by atoms with Gasteiger partial charge in [-0.25, -0.2) is 0 Å². The van der Waals surface area contributed by atoms with Gasteiger partial charge < -0.3 is 10.6 Å². The van der Waals surface area contributed by atoms with Gasteiger partial charge in [-0.15, -0.1) is 0 Å². The molecule has 0 bridgehead atoms. The summed E-state index contributed by atoms with van der Waals surface area (Å²) in [6.07, 6.45) is 1.37. The van der Waals surface area contributed by atoms with Crippen molar-refractivity contribution in [2.24, 2.45) is 0 Å². The molecule has 0 heterocycles. The molecular weight excluding hydrogens is 418 g/mol. The van der Waals surface area contributed by atoms with Crippen molar-refractivity contribution in [2.45, 2.75) is 25.9 Å². The lowest BCUT2D eigenvalue weighted by atomic mass is 10.0. The van der Waals surface area contributed by atoms with E-state index in [1.54, 1.807) is 6.07 Å². The minimum Gasteiger partial charge on any atom is -0.345 e. The lowest BCUT2D eigenvalue weighted by Crippen LogP contribution is -2.36. The highest BCUT2D eigenvalue weighted by molar-refractivity contribution is 6.21. The van der Waals surface area contributed by atoms with E-state index in [2.05, 4.69) is 10.6 Å². The highest BCUT2D eigenvalue weighted by Crippen LogP contribution is 2.19. The molecule has 0 aliphatic rings. The van der Waals surface area contributed by atoms with Crippen molar-refractivity contribution in [3.8, 4) is 0 Å². The van der Waals surface area contributed by atoms with Gasteiger partial charge in [0.15, 0.2) is 0 Å². The second-order valence-corrected chi connectivity index (χ2v) is 7.62. The van der Waals surface area contributed by atoms with Gasteiger partial charge in [0.05, 0.1) is 17.0 Å². The molecule has 0 spiro atoms. The minimum absolute atomic E-state index is 0.126. The number of rotatable bonds is 8. The van der Waals surface area contributed by atoms with Gasteiger partial charge >= 0.3 is 0 Å². The van der Waals surface area contributed by atoms with Crippen LogP contribution in [-0.4, -0.2) is 16.7 Å². The van der Waals surface area contributed by atoms with Crippen LogP contribution in [0.3, 0.4) is 0 Å². The molecule has 0 aliphatic heterocycles. The largest absolute Gasteiger partial charge is 0.345 e. The third kappa shape index (κ3) is 6.36. The number of nitrogens with zero attached hydrogens (tertiary/aromatic N) is 1. The van der Waals surface area contributed by atoms with Crippen molar-refractivity contribution in [3.63, 3.8) is 0 Å². The van der Waals surface area contributed by atoms with Crippen molar-refractivity contribution in [1.29, 1.82) is 0 Å². The Morgan fingerprint density at radius 2 is 1.27 bits per heavy atom. The summed E-state index contributed by atoms with van der Waals surface area (Å²) in [5.41, 5.74) is 1.89. The number of carbonyl (C=O) groups is 2. The van der Waals surface area contributed by atoms with Crippen LogP contribution >= 0.6 is 0 Å². The summed E-state index contributed by atoms with van der Waals surface area (Å²) in [5, 5.41) is 16.8. The first-order chi connectivity index (χ1) is 15.8. The van der Waals surface area contributed by atoms with Crippen LogP contribution in [0.15, 0.2) is 90.5 Å². The zero-order valence-corrected chi connectivity index (χ0v) is 18.4. The molecule has 0 radical (unpaired) electrons. The Labute approximate surface area is 192 Å². The Bertz CT molecular complexity index is 1100. The van der Waals surface area contributed by atoms with E-state index in [0.717, 1.165) is 11.1 Å². The van der Waals surface area contributed by atoms with E-state index in [1.807, 2.05) is 74.5 Å². The highest BCUT2D eigenvalue weighted by atomic mass is 16.6. The molecule has 168 valence electrons. The van der Waals surface area contributed by atoms with Gasteiger partial charge in [-0.3, -0.25) is 19.7 Å². The van der Waals surface area contributed by atoms with Crippen LogP contribution in [0.4, 0.5) is 5.69 Å². The van der Waals surface area contributed by atoms with E-state index >= 15 is 0 Å². The molecule has 0 saturated carbocycles. The number of benzene rings is 3. The van der Waals surface area contributed by atoms with Crippen LogP contribution in [0.2, 0.25) is 0 Å². The smallest absolute Gasteiger partial charge is 0.270 e. The molecule has 0 saturated heterocycles. The predicted molar refractivity (Wildman–Crippen MR) is 127 cm³/mol. The maximum absolute atomic E-state index is 13.1. The van der Waals surface area contributed by atoms with Crippen LogP contribution in [0, 0.1) is 10.1 Å². The molecule has 0 fully saturated rings. The normalized spacial score (nSPS) is 13.0. The molecule has 0 unspecified atom stereocenters. The fourth-order valence-electron chi connectivity index (χ4n) is 3.33. The number of amides is 2. The Hall–Kier alpha value is -4.26. The Morgan fingerprint density at radius 3 is 1.73 bits per heavy atom. The minimum atomic E-state index is -0.573. The first-order valence-corrected chi connectivity index (χ1v) is 10.5. The van der Waals surface area contributed by atoms with E-state index in [9.17, 15) is 19.7 Å². The van der Waals surface area contributed by atoms with Gasteiger partial charge in [0.2, 0.25) is 0 Å². The Morgan fingerprint density at radius 1 is 0.788 bits per heavy atom. The first kappa shape index (κ1) is 23.4. The molecule has 3 rings (SSSR count). The number of nitrogens with one attached hydrogen (secondary N) is 2. The zero-order chi connectivity index (χ0) is 23.8. The van der Waals surface area contributed by atoms with Crippen molar-refractivity contribution in [3.05, 3.63) is 117 Å². The van der Waals surface area contributed by atoms with Crippen LogP contribution in [0.25, 0.3) is 6.08 Å². The number of non-ortho nitro benzene ring substituents is 1. The van der Waals surface area contributed by atoms with E-state index in [1.165, 1.54) is 24.3 Å². The summed E-state index contributed by atoms with van der Waals surface area (Å²) in [6, 6.07) is 23.9. The van der Waals surface area contributed by atoms with E-state index in [4.69, 9.17) is 0 Å². The maximum Gasteiger partial charge on any atom is 0.270 e. The van der Waals surface area contributed by atoms with Crippen LogP contribution < -0.4 is 10.6 Å². The molecule has 3 aromatic carbocycles. The Kier molecular flexibility index (Phi) is 7.70. The third-order valence-corrected chi connectivity index (χ3v) is 5.18. The summed E-state index contributed by atoms with van der Waals surface area (Å²) in [5.74, 6) is -1.15. The second kappa shape index (κ2) is 10.9. The first-order valence-electron chi connectivity index (χ1n) is 10.5. The number of hydrogen-bond acceptors (Lipinski definition) is 4. The van der Waals surface area contributed by atoms with Gasteiger partial charge in [0.25, 0.3) is 17.5 Å². The van der Waals surface area contributed by atoms with Gasteiger partial charge in [-0.1, -0.05) is 72.8 Å². The van der Waals surface area contributed by atoms with Crippen LogP contribution in [0.1, 0.15) is 42.6 Å². The number of nitro benzene ring substituents is 1. The predicted octanol–water partition coefficient (Wildman–Crippen LogP) is 4.73. The summed E-state index contributed by atoms with van der Waals surface area (Å²) in [7, 11) is 0. The van der Waals surface area contributed by atoms with Gasteiger partial charge in [0, 0.05) is 12.1 Å². The van der Waals surface area contributed by atoms with E-state index in [0.29, 0.717) is 5.56 Å². The van der Waals surface area contributed by atoms with Crippen molar-refractivity contribution in [2.75, 3.05) is 0 Å². The van der Waals surface area contributed by atoms with Gasteiger partial charge in [-0.05, 0) is 36.6 Å². The number of carbonyl (C=O) groups excluding carboxylic acids is 2. The molecule has 2 N–H and O–H groups in total. The summed E-state index contributed by atoms with van der Waals surface area (Å²) in [4.78, 5) is 36.9. The van der Waals surface area contributed by atoms with Gasteiger partial charge in [-0.2, -0.15) is 0 Å². The molecule has 2 atom stereocenters. The maximum atomic E-state index is 13.1. The SMILES string of the molecule is C[C@H](NC(=O)C(=Cc1cccc([N+](=O)[O-])c1)C(=O)N[C@H](C)c1ccccc1)c1ccccc1. The zero-order valence-electron chi connectivity index (χ0n) is 18.4. The topological polar surface area (TPSA) is 101 Å². The average molecular weight is 444 g/mol. The number of nitro groups is 1. The van der Waals surface area contributed by atoms with Crippen LogP contribution in [-0.2, 0) is 9.59 Å². The fourth-order valence-corrected chi connectivity index (χ4v) is 3.33. The van der Waals surface area contributed by atoms with E-state index in [-0.39, 0.29) is 23.3 Å². The second-order valence-electron chi connectivity index (χ2n) is 7.62. The monoisotopic (exact) mass is 443 g/mol. The summed E-state index contributed by atoms with van der Waals surface area (Å²) >= 11 is 0. The quantitative estimate of drug-likeness (QED) is 0.173. The molecule has 0 aliphatic carbocycles. The van der Waals surface area contributed by atoms with Crippen LogP contribution in [0.5, 0.6) is 0 Å². The molecular formula is C26H25N3O4. The lowest BCUT2D eigenvalue weighted by molar-refractivity contribution is -0.384. The molecule has 33 heavy (non-hydrogen) atoms.